The molecule has 1 nitrogen and oxygen atoms in total. The first-order valence-electron chi connectivity index (χ1n) is 6.58. The van der Waals surface area contributed by atoms with Gasteiger partial charge in [0.25, 0.3) is 0 Å². The van der Waals surface area contributed by atoms with Gasteiger partial charge >= 0.3 is 0 Å². The lowest BCUT2D eigenvalue weighted by Gasteiger charge is -2.30. The van der Waals surface area contributed by atoms with Crippen molar-refractivity contribution in [2.45, 2.75) is 44.7 Å². The predicted octanol–water partition coefficient (Wildman–Crippen LogP) is 3.44. The van der Waals surface area contributed by atoms with E-state index < -0.39 is 5.67 Å². The molecule has 0 atom stereocenters. The van der Waals surface area contributed by atoms with E-state index in [0.717, 1.165) is 18.7 Å². The fourth-order valence-electron chi connectivity index (χ4n) is 2.44. The molecule has 0 aromatic heterocycles. The molecule has 2 rings (SSSR count). The lowest BCUT2D eigenvalue weighted by Crippen LogP contribution is -2.40. The zero-order valence-corrected chi connectivity index (χ0v) is 10.8. The summed E-state index contributed by atoms with van der Waals surface area (Å²) in [6, 6.07) is 8.42. The minimum Gasteiger partial charge on any atom is -0.316 e. The number of piperidine rings is 1. The molecule has 0 bridgehead atoms. The highest BCUT2D eigenvalue weighted by Crippen LogP contribution is 2.28. The van der Waals surface area contributed by atoms with E-state index in [2.05, 4.69) is 43.4 Å². The SMILES string of the molecule is CC(C)c1ccc(CC2(F)CCNCC2)cc1. The number of benzene rings is 1. The Morgan fingerprint density at radius 2 is 1.76 bits per heavy atom. The first-order valence-corrected chi connectivity index (χ1v) is 6.58. The van der Waals surface area contributed by atoms with Gasteiger partial charge in [0.2, 0.25) is 0 Å². The minimum absolute atomic E-state index is 0.544. The van der Waals surface area contributed by atoms with E-state index in [-0.39, 0.29) is 0 Å². The van der Waals surface area contributed by atoms with E-state index in [1.54, 1.807) is 0 Å². The Bertz CT molecular complexity index is 350. The molecule has 17 heavy (non-hydrogen) atoms. The van der Waals surface area contributed by atoms with Gasteiger partial charge in [-0.15, -0.1) is 0 Å². The first kappa shape index (κ1) is 12.6. The second kappa shape index (κ2) is 5.18. The minimum atomic E-state index is -0.995. The van der Waals surface area contributed by atoms with Crippen LogP contribution in [0.4, 0.5) is 4.39 Å². The number of hydrogen-bond donors (Lipinski definition) is 1. The van der Waals surface area contributed by atoms with Crippen LogP contribution in [0.3, 0.4) is 0 Å². The second-order valence-electron chi connectivity index (χ2n) is 5.47. The molecular weight excluding hydrogens is 213 g/mol. The second-order valence-corrected chi connectivity index (χ2v) is 5.47. The number of nitrogens with one attached hydrogen (secondary N) is 1. The third kappa shape index (κ3) is 3.29. The van der Waals surface area contributed by atoms with Crippen molar-refractivity contribution in [3.8, 4) is 0 Å². The molecule has 1 aliphatic heterocycles. The molecule has 0 aliphatic carbocycles. The third-order valence-electron chi connectivity index (χ3n) is 3.67. The lowest BCUT2D eigenvalue weighted by molar-refractivity contribution is 0.116. The topological polar surface area (TPSA) is 12.0 Å². The van der Waals surface area contributed by atoms with E-state index >= 15 is 0 Å². The number of alkyl halides is 1. The summed E-state index contributed by atoms with van der Waals surface area (Å²) in [5, 5.41) is 3.21. The first-order chi connectivity index (χ1) is 8.09. The van der Waals surface area contributed by atoms with Gasteiger partial charge in [-0.1, -0.05) is 38.1 Å². The highest BCUT2D eigenvalue weighted by atomic mass is 19.1. The van der Waals surface area contributed by atoms with Crippen molar-refractivity contribution in [3.05, 3.63) is 35.4 Å². The molecule has 0 amide bonds. The van der Waals surface area contributed by atoms with Crippen molar-refractivity contribution < 1.29 is 4.39 Å². The zero-order chi connectivity index (χ0) is 12.3. The maximum atomic E-state index is 14.5. The van der Waals surface area contributed by atoms with E-state index in [9.17, 15) is 4.39 Å². The molecule has 0 unspecified atom stereocenters. The fraction of sp³-hybridized carbons (Fsp3) is 0.600. The Morgan fingerprint density at radius 1 is 1.18 bits per heavy atom. The van der Waals surface area contributed by atoms with Crippen molar-refractivity contribution in [1.82, 2.24) is 5.32 Å². The van der Waals surface area contributed by atoms with E-state index in [1.807, 2.05) is 0 Å². The van der Waals surface area contributed by atoms with Gasteiger partial charge in [0.05, 0.1) is 0 Å². The number of rotatable bonds is 3. The molecule has 1 saturated heterocycles. The zero-order valence-electron chi connectivity index (χ0n) is 10.8. The van der Waals surface area contributed by atoms with Crippen LogP contribution in [0.5, 0.6) is 0 Å². The Balaban J connectivity index is 2.03. The lowest BCUT2D eigenvalue weighted by atomic mass is 9.87. The van der Waals surface area contributed by atoms with Gasteiger partial charge in [-0.25, -0.2) is 4.39 Å². The van der Waals surface area contributed by atoms with Gasteiger partial charge in [0.1, 0.15) is 5.67 Å². The summed E-state index contributed by atoms with van der Waals surface area (Å²) in [6.45, 7) is 5.97. The predicted molar refractivity (Wildman–Crippen MR) is 70.2 cm³/mol. The van der Waals surface area contributed by atoms with E-state index in [0.29, 0.717) is 25.2 Å². The summed E-state index contributed by atoms with van der Waals surface area (Å²) in [5.41, 5.74) is 1.45. The van der Waals surface area contributed by atoms with Crippen molar-refractivity contribution in [1.29, 1.82) is 0 Å². The van der Waals surface area contributed by atoms with Crippen LogP contribution in [0.1, 0.15) is 43.7 Å². The monoisotopic (exact) mass is 235 g/mol. The molecule has 94 valence electrons. The van der Waals surface area contributed by atoms with Crippen LogP contribution in [0.25, 0.3) is 0 Å². The van der Waals surface area contributed by atoms with Gasteiger partial charge in [0.15, 0.2) is 0 Å². The highest BCUT2D eigenvalue weighted by Gasteiger charge is 2.31. The van der Waals surface area contributed by atoms with Crippen LogP contribution in [-0.2, 0) is 6.42 Å². The third-order valence-corrected chi connectivity index (χ3v) is 3.67. The van der Waals surface area contributed by atoms with E-state index in [4.69, 9.17) is 0 Å². The van der Waals surface area contributed by atoms with Crippen molar-refractivity contribution in [2.75, 3.05) is 13.1 Å². The maximum Gasteiger partial charge on any atom is 0.117 e. The summed E-state index contributed by atoms with van der Waals surface area (Å²) in [6.07, 6.45) is 1.84. The molecule has 1 aromatic carbocycles. The summed E-state index contributed by atoms with van der Waals surface area (Å²) in [4.78, 5) is 0. The Labute approximate surface area is 103 Å². The van der Waals surface area contributed by atoms with Crippen LogP contribution in [0.15, 0.2) is 24.3 Å². The summed E-state index contributed by atoms with van der Waals surface area (Å²) < 4.78 is 14.5. The normalized spacial score (nSPS) is 19.5. The van der Waals surface area contributed by atoms with Crippen LogP contribution < -0.4 is 5.32 Å². The summed E-state index contributed by atoms with van der Waals surface area (Å²) in [7, 11) is 0. The van der Waals surface area contributed by atoms with Crippen molar-refractivity contribution in [2.24, 2.45) is 0 Å². The van der Waals surface area contributed by atoms with Crippen LogP contribution >= 0.6 is 0 Å². The maximum absolute atomic E-state index is 14.5. The van der Waals surface area contributed by atoms with Gasteiger partial charge in [-0.3, -0.25) is 0 Å². The summed E-state index contributed by atoms with van der Waals surface area (Å²) >= 11 is 0. The molecule has 1 aliphatic rings. The molecule has 1 heterocycles. The van der Waals surface area contributed by atoms with Crippen LogP contribution in [-0.4, -0.2) is 18.8 Å². The van der Waals surface area contributed by atoms with Gasteiger partial charge in [-0.2, -0.15) is 0 Å². The molecule has 1 N–H and O–H groups in total. The number of hydrogen-bond acceptors (Lipinski definition) is 1. The van der Waals surface area contributed by atoms with Gasteiger partial charge in [0, 0.05) is 6.42 Å². The molecule has 0 saturated carbocycles. The molecule has 2 heteroatoms. The Kier molecular flexibility index (Phi) is 3.82. The largest absolute Gasteiger partial charge is 0.316 e. The average molecular weight is 235 g/mol. The fourth-order valence-corrected chi connectivity index (χ4v) is 2.44. The van der Waals surface area contributed by atoms with Crippen molar-refractivity contribution >= 4 is 0 Å². The molecule has 1 aromatic rings. The Morgan fingerprint density at radius 3 is 2.29 bits per heavy atom. The molecule has 0 spiro atoms. The Hall–Kier alpha value is -0.890. The molecule has 0 radical (unpaired) electrons. The van der Waals surface area contributed by atoms with Gasteiger partial charge < -0.3 is 5.32 Å². The smallest absolute Gasteiger partial charge is 0.117 e. The summed E-state index contributed by atoms with van der Waals surface area (Å²) in [5.74, 6) is 0.544. The standard InChI is InChI=1S/C15H22FN/c1-12(2)14-5-3-13(4-6-14)11-15(16)7-9-17-10-8-15/h3-6,12,17H,7-11H2,1-2H3. The quantitative estimate of drug-likeness (QED) is 0.846. The van der Waals surface area contributed by atoms with Gasteiger partial charge in [-0.05, 0) is 43.0 Å². The van der Waals surface area contributed by atoms with Crippen LogP contribution in [0.2, 0.25) is 0 Å². The molecular formula is C15H22FN. The van der Waals surface area contributed by atoms with E-state index in [1.165, 1.54) is 5.56 Å². The van der Waals surface area contributed by atoms with Crippen molar-refractivity contribution in [3.63, 3.8) is 0 Å². The number of halogens is 1. The van der Waals surface area contributed by atoms with Crippen LogP contribution in [0, 0.1) is 0 Å². The molecule has 1 fully saturated rings. The highest BCUT2D eigenvalue weighted by molar-refractivity contribution is 5.26. The average Bonchev–Trinajstić information content (AvgIpc) is 2.30.